The highest BCUT2D eigenvalue weighted by Crippen LogP contribution is 2.30. The Kier molecular flexibility index (Phi) is 4.45. The predicted octanol–water partition coefficient (Wildman–Crippen LogP) is 4.47. The lowest BCUT2D eigenvalue weighted by Gasteiger charge is -2.37. The van der Waals surface area contributed by atoms with Gasteiger partial charge in [0.15, 0.2) is 0 Å². The van der Waals surface area contributed by atoms with Crippen molar-refractivity contribution < 1.29 is 0 Å². The number of aryl methyl sites for hydroxylation is 1. The van der Waals surface area contributed by atoms with Gasteiger partial charge in [0.1, 0.15) is 0 Å². The molecule has 0 spiro atoms. The van der Waals surface area contributed by atoms with Crippen molar-refractivity contribution in [2.75, 3.05) is 0 Å². The van der Waals surface area contributed by atoms with Gasteiger partial charge in [-0.25, -0.2) is 0 Å². The summed E-state index contributed by atoms with van der Waals surface area (Å²) >= 11 is 0. The molecule has 0 bridgehead atoms. The highest BCUT2D eigenvalue weighted by Gasteiger charge is 2.28. The Labute approximate surface area is 112 Å². The van der Waals surface area contributed by atoms with Gasteiger partial charge in [0, 0.05) is 12.1 Å². The first-order chi connectivity index (χ1) is 8.58. The minimum absolute atomic E-state index is 0.457. The largest absolute Gasteiger partial charge is 0.307 e. The smallest absolute Gasteiger partial charge is 0.0294 e. The molecule has 2 unspecified atom stereocenters. The number of rotatable bonds is 3. The van der Waals surface area contributed by atoms with Gasteiger partial charge in [0.2, 0.25) is 0 Å². The van der Waals surface area contributed by atoms with E-state index in [1.165, 1.54) is 30.4 Å². The highest BCUT2D eigenvalue weighted by molar-refractivity contribution is 5.23. The fourth-order valence-electron chi connectivity index (χ4n) is 3.25. The molecule has 1 aliphatic carbocycles. The molecule has 3 atom stereocenters. The van der Waals surface area contributed by atoms with Crippen LogP contribution in [0.5, 0.6) is 0 Å². The molecule has 0 aromatic heterocycles. The fraction of sp³-hybridized carbons (Fsp3) is 0.647. The first kappa shape index (κ1) is 13.6. The maximum atomic E-state index is 3.85. The lowest BCUT2D eigenvalue weighted by molar-refractivity contribution is 0.196. The third kappa shape index (κ3) is 3.14. The van der Waals surface area contributed by atoms with Crippen LogP contribution in [-0.4, -0.2) is 6.04 Å². The van der Waals surface area contributed by atoms with E-state index in [2.05, 4.69) is 57.3 Å². The molecule has 100 valence electrons. The Morgan fingerprint density at radius 3 is 2.17 bits per heavy atom. The van der Waals surface area contributed by atoms with Crippen LogP contribution in [0.15, 0.2) is 24.3 Å². The number of hydrogen-bond donors (Lipinski definition) is 1. The highest BCUT2D eigenvalue weighted by atomic mass is 15.0. The van der Waals surface area contributed by atoms with Crippen LogP contribution in [0.4, 0.5) is 0 Å². The zero-order valence-electron chi connectivity index (χ0n) is 12.2. The van der Waals surface area contributed by atoms with Crippen molar-refractivity contribution in [1.29, 1.82) is 0 Å². The summed E-state index contributed by atoms with van der Waals surface area (Å²) in [5, 5.41) is 3.85. The molecular weight excluding hydrogens is 218 g/mol. The number of benzene rings is 1. The van der Waals surface area contributed by atoms with Crippen LogP contribution < -0.4 is 5.32 Å². The molecule has 1 saturated carbocycles. The van der Waals surface area contributed by atoms with Crippen LogP contribution in [-0.2, 0) is 0 Å². The van der Waals surface area contributed by atoms with E-state index < -0.39 is 0 Å². The van der Waals surface area contributed by atoms with E-state index in [0.717, 1.165) is 11.8 Å². The van der Waals surface area contributed by atoms with Crippen LogP contribution in [0.3, 0.4) is 0 Å². The van der Waals surface area contributed by atoms with Crippen molar-refractivity contribution in [3.8, 4) is 0 Å². The predicted molar refractivity (Wildman–Crippen MR) is 78.7 cm³/mol. The molecule has 1 nitrogen and oxygen atoms in total. The van der Waals surface area contributed by atoms with Crippen molar-refractivity contribution in [3.63, 3.8) is 0 Å². The maximum Gasteiger partial charge on any atom is 0.0294 e. The van der Waals surface area contributed by atoms with Crippen LogP contribution in [0.1, 0.15) is 57.2 Å². The van der Waals surface area contributed by atoms with Gasteiger partial charge in [0.25, 0.3) is 0 Å². The minimum atomic E-state index is 0.457. The summed E-state index contributed by atoms with van der Waals surface area (Å²) < 4.78 is 0. The normalized spacial score (nSPS) is 30.1. The molecule has 1 N–H and O–H groups in total. The topological polar surface area (TPSA) is 12.0 Å². The van der Waals surface area contributed by atoms with Gasteiger partial charge in [0.05, 0.1) is 0 Å². The second-order valence-corrected chi connectivity index (χ2v) is 6.21. The second kappa shape index (κ2) is 5.88. The van der Waals surface area contributed by atoms with E-state index in [1.807, 2.05) is 0 Å². The summed E-state index contributed by atoms with van der Waals surface area (Å²) in [5.74, 6) is 1.61. The average molecular weight is 245 g/mol. The Balaban J connectivity index is 2.01. The first-order valence-corrected chi connectivity index (χ1v) is 7.40. The molecular formula is C17H27N. The summed E-state index contributed by atoms with van der Waals surface area (Å²) in [6, 6.07) is 10.1. The third-order valence-corrected chi connectivity index (χ3v) is 4.56. The molecule has 1 aromatic rings. The van der Waals surface area contributed by atoms with E-state index in [-0.39, 0.29) is 0 Å². The zero-order valence-corrected chi connectivity index (χ0v) is 12.2. The lowest BCUT2D eigenvalue weighted by atomic mass is 9.78. The molecule has 0 heterocycles. The number of nitrogens with one attached hydrogen (secondary N) is 1. The molecule has 0 radical (unpaired) electrons. The van der Waals surface area contributed by atoms with Crippen LogP contribution >= 0.6 is 0 Å². The molecule has 0 amide bonds. The first-order valence-electron chi connectivity index (χ1n) is 7.40. The molecule has 0 saturated heterocycles. The molecule has 1 aromatic carbocycles. The van der Waals surface area contributed by atoms with Crippen LogP contribution in [0, 0.1) is 18.8 Å². The summed E-state index contributed by atoms with van der Waals surface area (Å²) in [6.07, 6.45) is 4.16. The molecule has 1 fully saturated rings. The summed E-state index contributed by atoms with van der Waals surface area (Å²) in [5.41, 5.74) is 2.75. The SMILES string of the molecule is Cc1ccc([C@@H](C)NC2C(C)CCCC2C)cc1. The van der Waals surface area contributed by atoms with Crippen molar-refractivity contribution in [2.45, 2.75) is 59.0 Å². The van der Waals surface area contributed by atoms with Gasteiger partial charge >= 0.3 is 0 Å². The number of hydrogen-bond acceptors (Lipinski definition) is 1. The van der Waals surface area contributed by atoms with Gasteiger partial charge in [-0.3, -0.25) is 0 Å². The van der Waals surface area contributed by atoms with E-state index in [9.17, 15) is 0 Å². The van der Waals surface area contributed by atoms with E-state index in [0.29, 0.717) is 12.1 Å². The summed E-state index contributed by atoms with van der Waals surface area (Å²) in [4.78, 5) is 0. The van der Waals surface area contributed by atoms with E-state index in [1.54, 1.807) is 0 Å². The Bertz CT molecular complexity index is 358. The monoisotopic (exact) mass is 245 g/mol. The van der Waals surface area contributed by atoms with E-state index >= 15 is 0 Å². The molecule has 1 aliphatic rings. The molecule has 1 heteroatoms. The standard InChI is InChI=1S/C17H27N/c1-12-8-10-16(11-9-12)15(4)18-17-13(2)6-5-7-14(17)3/h8-11,13-15,17-18H,5-7H2,1-4H3/t13?,14?,15-,17?/m1/s1. The summed E-state index contributed by atoms with van der Waals surface area (Å²) in [7, 11) is 0. The zero-order chi connectivity index (χ0) is 13.1. The van der Waals surface area contributed by atoms with Gasteiger partial charge in [-0.05, 0) is 44.1 Å². The summed E-state index contributed by atoms with van der Waals surface area (Å²) in [6.45, 7) is 9.23. The minimum Gasteiger partial charge on any atom is -0.307 e. The van der Waals surface area contributed by atoms with Gasteiger partial charge in [-0.15, -0.1) is 0 Å². The molecule has 2 rings (SSSR count). The average Bonchev–Trinajstić information content (AvgIpc) is 2.34. The Morgan fingerprint density at radius 2 is 1.61 bits per heavy atom. The van der Waals surface area contributed by atoms with Gasteiger partial charge in [-0.2, -0.15) is 0 Å². The molecule has 18 heavy (non-hydrogen) atoms. The lowest BCUT2D eigenvalue weighted by Crippen LogP contribution is -2.43. The van der Waals surface area contributed by atoms with Crippen molar-refractivity contribution in [2.24, 2.45) is 11.8 Å². The second-order valence-electron chi connectivity index (χ2n) is 6.21. The van der Waals surface area contributed by atoms with Gasteiger partial charge in [-0.1, -0.05) is 50.1 Å². The maximum absolute atomic E-state index is 3.85. The third-order valence-electron chi connectivity index (χ3n) is 4.56. The van der Waals surface area contributed by atoms with Crippen LogP contribution in [0.25, 0.3) is 0 Å². The van der Waals surface area contributed by atoms with Crippen molar-refractivity contribution in [3.05, 3.63) is 35.4 Å². The van der Waals surface area contributed by atoms with Crippen molar-refractivity contribution in [1.82, 2.24) is 5.32 Å². The Morgan fingerprint density at radius 1 is 1.06 bits per heavy atom. The van der Waals surface area contributed by atoms with E-state index in [4.69, 9.17) is 0 Å². The van der Waals surface area contributed by atoms with Crippen LogP contribution in [0.2, 0.25) is 0 Å². The molecule has 0 aliphatic heterocycles. The van der Waals surface area contributed by atoms with Crippen molar-refractivity contribution >= 4 is 0 Å². The Hall–Kier alpha value is -0.820. The fourth-order valence-corrected chi connectivity index (χ4v) is 3.25. The van der Waals surface area contributed by atoms with Gasteiger partial charge < -0.3 is 5.32 Å². The quantitative estimate of drug-likeness (QED) is 0.828.